The Balaban J connectivity index is 1.31. The van der Waals surface area contributed by atoms with E-state index in [1.54, 1.807) is 36.0 Å². The highest BCUT2D eigenvalue weighted by atomic mass is 32.2. The minimum atomic E-state index is -0.349. The van der Waals surface area contributed by atoms with Gasteiger partial charge in [-0.3, -0.25) is 0 Å². The van der Waals surface area contributed by atoms with Crippen molar-refractivity contribution in [2.24, 2.45) is 0 Å². The molecule has 3 aromatic rings. The monoisotopic (exact) mass is 370 g/mol. The smallest absolute Gasteiger partial charge is 0.336 e. The molecule has 1 N–H and O–H groups in total. The second kappa shape index (κ2) is 9.34. The summed E-state index contributed by atoms with van der Waals surface area (Å²) in [7, 11) is 0. The van der Waals surface area contributed by atoms with Crippen LogP contribution in [0.2, 0.25) is 0 Å². The van der Waals surface area contributed by atoms with E-state index >= 15 is 0 Å². The molecule has 3 rings (SSSR count). The number of phenols is 1. The van der Waals surface area contributed by atoms with Crippen molar-refractivity contribution < 1.29 is 14.3 Å². The lowest BCUT2D eigenvalue weighted by atomic mass is 10.2. The van der Waals surface area contributed by atoms with Crippen LogP contribution in [-0.4, -0.2) is 17.5 Å². The van der Waals surface area contributed by atoms with Crippen molar-refractivity contribution in [1.29, 1.82) is 0 Å². The fourth-order valence-corrected chi connectivity index (χ4v) is 3.60. The molecule has 26 heavy (non-hydrogen) atoms. The Morgan fingerprint density at radius 1 is 0.962 bits per heavy atom. The Kier molecular flexibility index (Phi) is 6.61. The van der Waals surface area contributed by atoms with Crippen molar-refractivity contribution in [1.82, 2.24) is 0 Å². The highest BCUT2D eigenvalue weighted by Gasteiger charge is 2.01. The predicted octanol–water partition coefficient (Wildman–Crippen LogP) is 5.23. The molecule has 1 heterocycles. The van der Waals surface area contributed by atoms with Gasteiger partial charge in [0.25, 0.3) is 0 Å². The first-order valence-corrected chi connectivity index (χ1v) is 9.78. The number of rotatable bonds is 9. The zero-order valence-corrected chi connectivity index (χ0v) is 15.3. The van der Waals surface area contributed by atoms with Crippen LogP contribution in [0, 0.1) is 0 Å². The second-order valence-corrected chi connectivity index (χ2v) is 7.23. The third-order valence-electron chi connectivity index (χ3n) is 3.99. The molecule has 0 aliphatic carbocycles. The van der Waals surface area contributed by atoms with Crippen LogP contribution in [-0.2, 0) is 0 Å². The SMILES string of the molecule is O=c1ccc2ccc(OCCCCCCSc3cccc(O)c3)cc2o1. The number of hydrogen-bond acceptors (Lipinski definition) is 5. The fourth-order valence-electron chi connectivity index (χ4n) is 2.64. The highest BCUT2D eigenvalue weighted by Crippen LogP contribution is 2.23. The van der Waals surface area contributed by atoms with Gasteiger partial charge in [-0.25, -0.2) is 4.79 Å². The van der Waals surface area contributed by atoms with Crippen LogP contribution in [0.4, 0.5) is 0 Å². The summed E-state index contributed by atoms with van der Waals surface area (Å²) in [5.41, 5.74) is 0.206. The molecule has 1 aromatic heterocycles. The summed E-state index contributed by atoms with van der Waals surface area (Å²) in [6.07, 6.45) is 4.40. The van der Waals surface area contributed by atoms with Crippen molar-refractivity contribution in [3.63, 3.8) is 0 Å². The molecule has 0 spiro atoms. The number of fused-ring (bicyclic) bond motifs is 1. The minimum absolute atomic E-state index is 0.320. The number of benzene rings is 2. The van der Waals surface area contributed by atoms with E-state index in [1.807, 2.05) is 24.3 Å². The van der Waals surface area contributed by atoms with E-state index in [1.165, 1.54) is 6.07 Å². The Morgan fingerprint density at radius 3 is 2.69 bits per heavy atom. The molecule has 0 aliphatic rings. The summed E-state index contributed by atoms with van der Waals surface area (Å²) < 4.78 is 10.9. The van der Waals surface area contributed by atoms with Gasteiger partial charge in [0.15, 0.2) is 0 Å². The summed E-state index contributed by atoms with van der Waals surface area (Å²) in [6.45, 7) is 0.655. The molecular weight excluding hydrogens is 348 g/mol. The van der Waals surface area contributed by atoms with E-state index in [0.29, 0.717) is 17.9 Å². The van der Waals surface area contributed by atoms with Gasteiger partial charge in [-0.2, -0.15) is 0 Å². The molecule has 4 nitrogen and oxygen atoms in total. The third kappa shape index (κ3) is 5.56. The topological polar surface area (TPSA) is 59.7 Å². The van der Waals surface area contributed by atoms with E-state index in [0.717, 1.165) is 47.5 Å². The first-order valence-electron chi connectivity index (χ1n) is 8.79. The first kappa shape index (κ1) is 18.4. The largest absolute Gasteiger partial charge is 0.508 e. The van der Waals surface area contributed by atoms with E-state index < -0.39 is 0 Å². The van der Waals surface area contributed by atoms with E-state index in [4.69, 9.17) is 9.15 Å². The van der Waals surface area contributed by atoms with Gasteiger partial charge in [0, 0.05) is 22.4 Å². The lowest BCUT2D eigenvalue weighted by Gasteiger charge is -2.07. The van der Waals surface area contributed by atoms with Crippen LogP contribution in [0.15, 0.2) is 68.7 Å². The molecule has 2 aromatic carbocycles. The Hall–Kier alpha value is -2.40. The molecule has 0 bridgehead atoms. The van der Waals surface area contributed by atoms with Crippen molar-refractivity contribution >= 4 is 22.7 Å². The molecule has 136 valence electrons. The van der Waals surface area contributed by atoms with Gasteiger partial charge < -0.3 is 14.3 Å². The van der Waals surface area contributed by atoms with E-state index in [9.17, 15) is 9.90 Å². The molecule has 0 amide bonds. The van der Waals surface area contributed by atoms with Gasteiger partial charge in [-0.05, 0) is 55.0 Å². The number of phenolic OH excluding ortho intramolecular Hbond substituents is 1. The molecule has 0 fully saturated rings. The lowest BCUT2D eigenvalue weighted by molar-refractivity contribution is 0.305. The summed E-state index contributed by atoms with van der Waals surface area (Å²) in [5, 5.41) is 10.3. The normalized spacial score (nSPS) is 10.9. The second-order valence-electron chi connectivity index (χ2n) is 6.06. The van der Waals surface area contributed by atoms with Crippen LogP contribution in [0.25, 0.3) is 11.0 Å². The molecule has 0 saturated heterocycles. The van der Waals surface area contributed by atoms with Crippen molar-refractivity contribution in [3.05, 3.63) is 65.0 Å². The van der Waals surface area contributed by atoms with E-state index in [2.05, 4.69) is 0 Å². The Labute approximate surface area is 156 Å². The van der Waals surface area contributed by atoms with Gasteiger partial charge in [-0.15, -0.1) is 11.8 Å². The number of hydrogen-bond donors (Lipinski definition) is 1. The maximum atomic E-state index is 11.3. The molecule has 5 heteroatoms. The average molecular weight is 370 g/mol. The molecule has 0 radical (unpaired) electrons. The number of aromatic hydroxyl groups is 1. The summed E-state index contributed by atoms with van der Waals surface area (Å²) in [4.78, 5) is 12.4. The third-order valence-corrected chi connectivity index (χ3v) is 5.07. The average Bonchev–Trinajstić information content (AvgIpc) is 2.63. The number of unbranched alkanes of at least 4 members (excludes halogenated alkanes) is 3. The number of ether oxygens (including phenoxy) is 1. The Bertz CT molecular complexity index is 904. The van der Waals surface area contributed by atoms with Crippen molar-refractivity contribution in [2.45, 2.75) is 30.6 Å². The molecule has 0 unspecified atom stereocenters. The van der Waals surface area contributed by atoms with Gasteiger partial charge in [-0.1, -0.05) is 18.9 Å². The predicted molar refractivity (Wildman–Crippen MR) is 105 cm³/mol. The van der Waals surface area contributed by atoms with Crippen molar-refractivity contribution in [3.8, 4) is 11.5 Å². The van der Waals surface area contributed by atoms with Crippen LogP contribution < -0.4 is 10.4 Å². The highest BCUT2D eigenvalue weighted by molar-refractivity contribution is 7.99. The zero-order chi connectivity index (χ0) is 18.2. The maximum absolute atomic E-state index is 11.3. The van der Waals surface area contributed by atoms with Crippen LogP contribution >= 0.6 is 11.8 Å². The first-order chi connectivity index (χ1) is 12.7. The Morgan fingerprint density at radius 2 is 1.81 bits per heavy atom. The van der Waals surface area contributed by atoms with Crippen LogP contribution in [0.1, 0.15) is 25.7 Å². The van der Waals surface area contributed by atoms with Gasteiger partial charge in [0.1, 0.15) is 17.1 Å². The molecular formula is C21H22O4S. The minimum Gasteiger partial charge on any atom is -0.508 e. The van der Waals surface area contributed by atoms with Gasteiger partial charge in [0.2, 0.25) is 0 Å². The molecule has 0 atom stereocenters. The van der Waals surface area contributed by atoms with Crippen molar-refractivity contribution in [2.75, 3.05) is 12.4 Å². The van der Waals surface area contributed by atoms with Crippen LogP contribution in [0.3, 0.4) is 0 Å². The zero-order valence-electron chi connectivity index (χ0n) is 14.5. The van der Waals surface area contributed by atoms with E-state index in [-0.39, 0.29) is 5.63 Å². The quantitative estimate of drug-likeness (QED) is 0.317. The summed E-state index contributed by atoms with van der Waals surface area (Å²) >= 11 is 1.77. The summed E-state index contributed by atoms with van der Waals surface area (Å²) in [6, 6.07) is 16.1. The van der Waals surface area contributed by atoms with Crippen LogP contribution in [0.5, 0.6) is 11.5 Å². The van der Waals surface area contributed by atoms with Gasteiger partial charge in [0.05, 0.1) is 6.61 Å². The molecule has 0 aliphatic heterocycles. The maximum Gasteiger partial charge on any atom is 0.336 e. The van der Waals surface area contributed by atoms with Gasteiger partial charge >= 0.3 is 5.63 Å². The standard InChI is InChI=1S/C21H22O4S/c22-17-6-5-7-19(14-17)26-13-4-2-1-3-12-24-18-10-8-16-9-11-21(23)25-20(16)15-18/h5-11,14-15,22H,1-4,12-13H2. The number of thioether (sulfide) groups is 1. The molecule has 0 saturated carbocycles. The summed E-state index contributed by atoms with van der Waals surface area (Å²) in [5.74, 6) is 2.10. The fraction of sp³-hybridized carbons (Fsp3) is 0.286. The lowest BCUT2D eigenvalue weighted by Crippen LogP contribution is -1.98.